The number of urea groups is 1. The third kappa shape index (κ3) is 5.72. The van der Waals surface area contributed by atoms with E-state index < -0.39 is 0 Å². The van der Waals surface area contributed by atoms with Crippen LogP contribution in [-0.4, -0.2) is 30.9 Å². The fourth-order valence-electron chi connectivity index (χ4n) is 1.62. The smallest absolute Gasteiger partial charge is 0.315 e. The Morgan fingerprint density at radius 3 is 2.47 bits per heavy atom. The number of hydrogen-bond acceptors (Lipinski definition) is 3. The summed E-state index contributed by atoms with van der Waals surface area (Å²) >= 11 is 0. The second-order valence-electron chi connectivity index (χ2n) is 4.36. The molecule has 5 nitrogen and oxygen atoms in total. The standard InChI is InChI=1S/C14H22N2O3/c1-3-13(9-17)16-14(18)15-8-11-4-6-12(7-5-11)10-19-2/h4-7,13,17H,3,8-10H2,1-2H3,(H2,15,16,18). The fourth-order valence-corrected chi connectivity index (χ4v) is 1.62. The van der Waals surface area contributed by atoms with Crippen LogP contribution in [0.15, 0.2) is 24.3 Å². The molecule has 19 heavy (non-hydrogen) atoms. The lowest BCUT2D eigenvalue weighted by molar-refractivity contribution is 0.185. The number of benzene rings is 1. The Labute approximate surface area is 114 Å². The van der Waals surface area contributed by atoms with Gasteiger partial charge in [0, 0.05) is 13.7 Å². The van der Waals surface area contributed by atoms with Gasteiger partial charge in [-0.15, -0.1) is 0 Å². The molecule has 0 saturated heterocycles. The molecule has 106 valence electrons. The molecular formula is C14H22N2O3. The number of nitrogens with one attached hydrogen (secondary N) is 2. The minimum Gasteiger partial charge on any atom is -0.394 e. The van der Waals surface area contributed by atoms with Crippen molar-refractivity contribution >= 4 is 6.03 Å². The van der Waals surface area contributed by atoms with Crippen LogP contribution < -0.4 is 10.6 Å². The van der Waals surface area contributed by atoms with Crippen molar-refractivity contribution in [3.05, 3.63) is 35.4 Å². The quantitative estimate of drug-likeness (QED) is 0.698. The van der Waals surface area contributed by atoms with Crippen LogP contribution in [0, 0.1) is 0 Å². The number of carbonyl (C=O) groups excluding carboxylic acids is 1. The number of methoxy groups -OCH3 is 1. The molecule has 0 spiro atoms. The molecule has 0 aliphatic rings. The van der Waals surface area contributed by atoms with E-state index in [2.05, 4.69) is 10.6 Å². The summed E-state index contributed by atoms with van der Waals surface area (Å²) in [5.74, 6) is 0. The maximum Gasteiger partial charge on any atom is 0.315 e. The summed E-state index contributed by atoms with van der Waals surface area (Å²) in [6, 6.07) is 7.41. The molecule has 0 bridgehead atoms. The molecule has 0 aliphatic carbocycles. The molecule has 2 amide bonds. The van der Waals surface area contributed by atoms with E-state index >= 15 is 0 Å². The number of carbonyl (C=O) groups is 1. The zero-order valence-electron chi connectivity index (χ0n) is 11.5. The molecule has 1 aromatic rings. The largest absolute Gasteiger partial charge is 0.394 e. The molecule has 3 N–H and O–H groups in total. The zero-order chi connectivity index (χ0) is 14.1. The Bertz CT molecular complexity index is 375. The first-order valence-corrected chi connectivity index (χ1v) is 6.41. The van der Waals surface area contributed by atoms with Crippen LogP contribution >= 0.6 is 0 Å². The first-order valence-electron chi connectivity index (χ1n) is 6.41. The summed E-state index contributed by atoms with van der Waals surface area (Å²) in [5, 5.41) is 14.4. The number of amides is 2. The van der Waals surface area contributed by atoms with Crippen molar-refractivity contribution < 1.29 is 14.6 Å². The lowest BCUT2D eigenvalue weighted by Gasteiger charge is -2.14. The number of ether oxygens (including phenoxy) is 1. The highest BCUT2D eigenvalue weighted by atomic mass is 16.5. The van der Waals surface area contributed by atoms with E-state index in [1.165, 1.54) is 0 Å². The van der Waals surface area contributed by atoms with Gasteiger partial charge in [0.1, 0.15) is 0 Å². The third-order valence-electron chi connectivity index (χ3n) is 2.84. The highest BCUT2D eigenvalue weighted by Gasteiger charge is 2.08. The van der Waals surface area contributed by atoms with Crippen molar-refractivity contribution in [3.63, 3.8) is 0 Å². The molecule has 1 atom stereocenters. The maximum absolute atomic E-state index is 11.6. The Morgan fingerprint density at radius 1 is 1.32 bits per heavy atom. The van der Waals surface area contributed by atoms with E-state index in [1.807, 2.05) is 31.2 Å². The Morgan fingerprint density at radius 2 is 1.95 bits per heavy atom. The average Bonchev–Trinajstić information content (AvgIpc) is 2.44. The van der Waals surface area contributed by atoms with Crippen molar-refractivity contribution in [1.82, 2.24) is 10.6 Å². The predicted molar refractivity (Wildman–Crippen MR) is 73.7 cm³/mol. The van der Waals surface area contributed by atoms with Crippen LogP contribution in [0.3, 0.4) is 0 Å². The van der Waals surface area contributed by atoms with E-state index in [4.69, 9.17) is 9.84 Å². The van der Waals surface area contributed by atoms with Crippen LogP contribution in [0.5, 0.6) is 0 Å². The van der Waals surface area contributed by atoms with Gasteiger partial charge >= 0.3 is 6.03 Å². The van der Waals surface area contributed by atoms with Gasteiger partial charge in [-0.3, -0.25) is 0 Å². The molecule has 0 aromatic heterocycles. The van der Waals surface area contributed by atoms with Gasteiger partial charge in [0.2, 0.25) is 0 Å². The molecule has 0 radical (unpaired) electrons. The summed E-state index contributed by atoms with van der Waals surface area (Å²) in [5.41, 5.74) is 2.12. The van der Waals surface area contributed by atoms with E-state index in [1.54, 1.807) is 7.11 Å². The fraction of sp³-hybridized carbons (Fsp3) is 0.500. The summed E-state index contributed by atoms with van der Waals surface area (Å²) in [6.45, 7) is 2.91. The van der Waals surface area contributed by atoms with Crippen LogP contribution in [0.4, 0.5) is 4.79 Å². The van der Waals surface area contributed by atoms with Crippen molar-refractivity contribution in [1.29, 1.82) is 0 Å². The topological polar surface area (TPSA) is 70.6 Å². The van der Waals surface area contributed by atoms with Crippen molar-refractivity contribution in [2.45, 2.75) is 32.5 Å². The third-order valence-corrected chi connectivity index (χ3v) is 2.84. The van der Waals surface area contributed by atoms with E-state index in [9.17, 15) is 4.79 Å². The summed E-state index contributed by atoms with van der Waals surface area (Å²) in [6.07, 6.45) is 0.704. The van der Waals surface area contributed by atoms with Crippen molar-refractivity contribution in [2.75, 3.05) is 13.7 Å². The second-order valence-corrected chi connectivity index (χ2v) is 4.36. The first-order chi connectivity index (χ1) is 9.19. The van der Waals surface area contributed by atoms with Gasteiger partial charge in [0.25, 0.3) is 0 Å². The minimum atomic E-state index is -0.262. The van der Waals surface area contributed by atoms with Gasteiger partial charge in [0.05, 0.1) is 19.3 Å². The van der Waals surface area contributed by atoms with Crippen molar-refractivity contribution in [2.24, 2.45) is 0 Å². The molecule has 0 heterocycles. The zero-order valence-corrected chi connectivity index (χ0v) is 11.5. The normalized spacial score (nSPS) is 11.9. The lowest BCUT2D eigenvalue weighted by atomic mass is 10.1. The molecule has 1 rings (SSSR count). The molecule has 0 saturated carbocycles. The van der Waals surface area contributed by atoms with Crippen LogP contribution in [0.25, 0.3) is 0 Å². The van der Waals surface area contributed by atoms with Gasteiger partial charge < -0.3 is 20.5 Å². The summed E-state index contributed by atoms with van der Waals surface area (Å²) in [4.78, 5) is 11.6. The lowest BCUT2D eigenvalue weighted by Crippen LogP contribution is -2.43. The highest BCUT2D eigenvalue weighted by molar-refractivity contribution is 5.74. The van der Waals surface area contributed by atoms with Crippen molar-refractivity contribution in [3.8, 4) is 0 Å². The number of rotatable bonds is 7. The first kappa shape index (κ1) is 15.5. The highest BCUT2D eigenvalue weighted by Crippen LogP contribution is 2.05. The number of aliphatic hydroxyl groups is 1. The monoisotopic (exact) mass is 266 g/mol. The Kier molecular flexibility index (Phi) is 6.92. The van der Waals surface area contributed by atoms with Gasteiger partial charge in [-0.1, -0.05) is 31.2 Å². The van der Waals surface area contributed by atoms with E-state index in [-0.39, 0.29) is 18.7 Å². The van der Waals surface area contributed by atoms with E-state index in [0.717, 1.165) is 11.1 Å². The SMILES string of the molecule is CCC(CO)NC(=O)NCc1ccc(COC)cc1. The molecule has 0 fully saturated rings. The van der Waals surface area contributed by atoms with Crippen LogP contribution in [0.1, 0.15) is 24.5 Å². The Balaban J connectivity index is 2.37. The second kappa shape index (κ2) is 8.50. The van der Waals surface area contributed by atoms with Crippen LogP contribution in [0.2, 0.25) is 0 Å². The summed E-state index contributed by atoms with van der Waals surface area (Å²) < 4.78 is 5.03. The molecule has 5 heteroatoms. The molecular weight excluding hydrogens is 244 g/mol. The van der Waals surface area contributed by atoms with Gasteiger partial charge in [0.15, 0.2) is 0 Å². The Hall–Kier alpha value is -1.59. The van der Waals surface area contributed by atoms with E-state index in [0.29, 0.717) is 19.6 Å². The van der Waals surface area contributed by atoms with Crippen LogP contribution in [-0.2, 0) is 17.9 Å². The predicted octanol–water partition coefficient (Wildman–Crippen LogP) is 1.40. The molecule has 1 aromatic carbocycles. The van der Waals surface area contributed by atoms with Gasteiger partial charge in [-0.2, -0.15) is 0 Å². The van der Waals surface area contributed by atoms with Gasteiger partial charge in [-0.05, 0) is 17.5 Å². The minimum absolute atomic E-state index is 0.0460. The number of aliphatic hydroxyl groups excluding tert-OH is 1. The molecule has 1 unspecified atom stereocenters. The average molecular weight is 266 g/mol. The maximum atomic E-state index is 11.6. The molecule has 0 aliphatic heterocycles. The number of hydrogen-bond donors (Lipinski definition) is 3. The summed E-state index contributed by atoms with van der Waals surface area (Å²) in [7, 11) is 1.66. The van der Waals surface area contributed by atoms with Gasteiger partial charge in [-0.25, -0.2) is 4.79 Å².